The average Bonchev–Trinajstić information content (AvgIpc) is 2.64. The van der Waals surface area contributed by atoms with Gasteiger partial charge in [-0.05, 0) is 31.0 Å². The molecule has 2 amide bonds. The number of hydrogen-bond donors (Lipinski definition) is 0. The van der Waals surface area contributed by atoms with Crippen molar-refractivity contribution in [2.45, 2.75) is 33.2 Å². The molecule has 0 aliphatic carbocycles. The lowest BCUT2D eigenvalue weighted by molar-refractivity contribution is -0.142. The molecule has 0 radical (unpaired) electrons. The van der Waals surface area contributed by atoms with Crippen molar-refractivity contribution in [1.82, 2.24) is 4.90 Å². The first kappa shape index (κ1) is 18.2. The number of carbonyl (C=O) groups is 2. The second kappa shape index (κ2) is 7.73. The van der Waals surface area contributed by atoms with Gasteiger partial charge < -0.3 is 9.80 Å². The Bertz CT molecular complexity index is 768. The first-order chi connectivity index (χ1) is 12.5. The minimum absolute atomic E-state index is 0.0211. The van der Waals surface area contributed by atoms with Gasteiger partial charge >= 0.3 is 0 Å². The number of amides is 2. The summed E-state index contributed by atoms with van der Waals surface area (Å²) in [7, 11) is 0. The van der Waals surface area contributed by atoms with E-state index in [0.29, 0.717) is 6.54 Å². The molecule has 0 aromatic heterocycles. The van der Waals surface area contributed by atoms with Crippen LogP contribution >= 0.6 is 0 Å². The molecule has 2 aromatic rings. The van der Waals surface area contributed by atoms with Crippen LogP contribution in [0, 0.1) is 12.8 Å². The van der Waals surface area contributed by atoms with Gasteiger partial charge in [-0.15, -0.1) is 0 Å². The normalized spacial score (nSPS) is 17.7. The van der Waals surface area contributed by atoms with Crippen LogP contribution in [0.4, 0.5) is 5.69 Å². The third-order valence-electron chi connectivity index (χ3n) is 4.88. The molecule has 0 bridgehead atoms. The van der Waals surface area contributed by atoms with Crippen LogP contribution in [0.15, 0.2) is 54.6 Å². The molecule has 1 saturated heterocycles. The predicted molar refractivity (Wildman–Crippen MR) is 104 cm³/mol. The van der Waals surface area contributed by atoms with E-state index in [1.54, 1.807) is 4.90 Å². The molecule has 1 unspecified atom stereocenters. The van der Waals surface area contributed by atoms with Crippen molar-refractivity contribution in [1.29, 1.82) is 0 Å². The van der Waals surface area contributed by atoms with Gasteiger partial charge in [-0.3, -0.25) is 9.59 Å². The van der Waals surface area contributed by atoms with E-state index in [4.69, 9.17) is 0 Å². The third kappa shape index (κ3) is 3.96. The average molecular weight is 350 g/mol. The van der Waals surface area contributed by atoms with Crippen LogP contribution in [-0.2, 0) is 16.0 Å². The van der Waals surface area contributed by atoms with Crippen molar-refractivity contribution in [3.8, 4) is 0 Å². The highest BCUT2D eigenvalue weighted by atomic mass is 16.2. The first-order valence-corrected chi connectivity index (χ1v) is 9.17. The molecule has 3 rings (SSSR count). The van der Waals surface area contributed by atoms with Gasteiger partial charge in [0.05, 0.1) is 6.04 Å². The molecule has 4 heteroatoms. The van der Waals surface area contributed by atoms with E-state index < -0.39 is 0 Å². The lowest BCUT2D eigenvalue weighted by Gasteiger charge is -2.42. The highest BCUT2D eigenvalue weighted by Crippen LogP contribution is 2.24. The van der Waals surface area contributed by atoms with Crippen molar-refractivity contribution >= 4 is 17.5 Å². The highest BCUT2D eigenvalue weighted by molar-refractivity contribution is 5.98. The monoisotopic (exact) mass is 350 g/mol. The van der Waals surface area contributed by atoms with Gasteiger partial charge in [-0.2, -0.15) is 0 Å². The summed E-state index contributed by atoms with van der Waals surface area (Å²) in [5.41, 5.74) is 3.24. The lowest BCUT2D eigenvalue weighted by Crippen LogP contribution is -2.59. The second-order valence-electron chi connectivity index (χ2n) is 7.30. The van der Waals surface area contributed by atoms with Crippen LogP contribution in [0.3, 0.4) is 0 Å². The molecule has 4 nitrogen and oxygen atoms in total. The largest absolute Gasteiger partial charge is 0.328 e. The van der Waals surface area contributed by atoms with Gasteiger partial charge in [0, 0.05) is 18.2 Å². The van der Waals surface area contributed by atoms with Gasteiger partial charge in [-0.25, -0.2) is 0 Å². The van der Waals surface area contributed by atoms with E-state index in [1.165, 1.54) is 5.56 Å². The summed E-state index contributed by atoms with van der Waals surface area (Å²) < 4.78 is 0. The maximum atomic E-state index is 12.7. The quantitative estimate of drug-likeness (QED) is 0.847. The van der Waals surface area contributed by atoms with E-state index in [2.05, 4.69) is 12.1 Å². The van der Waals surface area contributed by atoms with Crippen LogP contribution in [0.1, 0.15) is 25.0 Å². The van der Waals surface area contributed by atoms with Crippen LogP contribution < -0.4 is 4.90 Å². The molecule has 1 aliphatic heterocycles. The zero-order valence-electron chi connectivity index (χ0n) is 15.7. The molecule has 26 heavy (non-hydrogen) atoms. The summed E-state index contributed by atoms with van der Waals surface area (Å²) in [5.74, 6) is -0.0954. The van der Waals surface area contributed by atoms with E-state index in [0.717, 1.165) is 17.7 Å². The zero-order valence-corrected chi connectivity index (χ0v) is 15.7. The summed E-state index contributed by atoms with van der Waals surface area (Å²) in [5, 5.41) is 0. The Kier molecular flexibility index (Phi) is 5.40. The summed E-state index contributed by atoms with van der Waals surface area (Å²) >= 11 is 0. The molecular formula is C22H26N2O2. The van der Waals surface area contributed by atoms with Crippen molar-refractivity contribution in [2.75, 3.05) is 18.0 Å². The Morgan fingerprint density at radius 1 is 1.08 bits per heavy atom. The first-order valence-electron chi connectivity index (χ1n) is 9.17. The topological polar surface area (TPSA) is 40.6 Å². The maximum Gasteiger partial charge on any atom is 0.246 e. The van der Waals surface area contributed by atoms with Gasteiger partial charge in [0.1, 0.15) is 6.54 Å². The number of hydrogen-bond acceptors (Lipinski definition) is 2. The van der Waals surface area contributed by atoms with Crippen molar-refractivity contribution in [3.63, 3.8) is 0 Å². The van der Waals surface area contributed by atoms with Crippen LogP contribution in [0.2, 0.25) is 0 Å². The van der Waals surface area contributed by atoms with E-state index in [1.807, 2.05) is 68.1 Å². The van der Waals surface area contributed by atoms with Crippen LogP contribution in [0.25, 0.3) is 0 Å². The number of carbonyl (C=O) groups excluding carboxylic acids is 2. The Hall–Kier alpha value is -2.62. The SMILES string of the molecule is Cc1ccc(N2CC(Cc3ccccc3)N(C(=O)C(C)C)CC2=O)cc1. The minimum atomic E-state index is -0.119. The number of piperazine rings is 1. The highest BCUT2D eigenvalue weighted by Gasteiger charge is 2.36. The molecule has 1 heterocycles. The number of rotatable bonds is 4. The standard InChI is InChI=1S/C22H26N2O2/c1-16(2)22(26)24-15-21(25)23(19-11-9-17(3)10-12-19)14-20(24)13-18-7-5-4-6-8-18/h4-12,16,20H,13-15H2,1-3H3. The van der Waals surface area contributed by atoms with Gasteiger partial charge in [0.2, 0.25) is 11.8 Å². The van der Waals surface area contributed by atoms with Gasteiger partial charge in [-0.1, -0.05) is 61.9 Å². The third-order valence-corrected chi connectivity index (χ3v) is 4.88. The van der Waals surface area contributed by atoms with Crippen molar-refractivity contribution in [2.24, 2.45) is 5.92 Å². The number of anilines is 1. The molecular weight excluding hydrogens is 324 g/mol. The van der Waals surface area contributed by atoms with Crippen LogP contribution in [0.5, 0.6) is 0 Å². The van der Waals surface area contributed by atoms with E-state index in [-0.39, 0.29) is 30.3 Å². The van der Waals surface area contributed by atoms with Gasteiger partial charge in [0.25, 0.3) is 0 Å². The summed E-state index contributed by atoms with van der Waals surface area (Å²) in [4.78, 5) is 29.0. The molecule has 0 N–H and O–H groups in total. The van der Waals surface area contributed by atoms with Crippen LogP contribution in [-0.4, -0.2) is 35.8 Å². The van der Waals surface area contributed by atoms with Gasteiger partial charge in [0.15, 0.2) is 0 Å². The fraction of sp³-hybridized carbons (Fsp3) is 0.364. The number of aryl methyl sites for hydroxylation is 1. The molecule has 1 atom stereocenters. The lowest BCUT2D eigenvalue weighted by atomic mass is 9.99. The zero-order chi connectivity index (χ0) is 18.7. The van der Waals surface area contributed by atoms with Crippen molar-refractivity contribution in [3.05, 3.63) is 65.7 Å². The van der Waals surface area contributed by atoms with E-state index >= 15 is 0 Å². The summed E-state index contributed by atoms with van der Waals surface area (Å²) in [6.07, 6.45) is 0.745. The summed E-state index contributed by atoms with van der Waals surface area (Å²) in [6.45, 7) is 6.47. The van der Waals surface area contributed by atoms with E-state index in [9.17, 15) is 9.59 Å². The smallest absolute Gasteiger partial charge is 0.246 e. The fourth-order valence-corrected chi connectivity index (χ4v) is 3.40. The Morgan fingerprint density at radius 3 is 2.35 bits per heavy atom. The predicted octanol–water partition coefficient (Wildman–Crippen LogP) is 3.44. The molecule has 0 saturated carbocycles. The maximum absolute atomic E-state index is 12.7. The Balaban J connectivity index is 1.87. The number of benzene rings is 2. The molecule has 136 valence electrons. The molecule has 2 aromatic carbocycles. The molecule has 1 aliphatic rings. The Morgan fingerprint density at radius 2 is 1.73 bits per heavy atom. The Labute approximate surface area is 155 Å². The second-order valence-corrected chi connectivity index (χ2v) is 7.30. The van der Waals surface area contributed by atoms with Crippen molar-refractivity contribution < 1.29 is 9.59 Å². The minimum Gasteiger partial charge on any atom is -0.328 e. The summed E-state index contributed by atoms with van der Waals surface area (Å²) in [6, 6.07) is 18.1. The number of nitrogens with zero attached hydrogens (tertiary/aromatic N) is 2. The molecule has 0 spiro atoms. The fourth-order valence-electron chi connectivity index (χ4n) is 3.40. The molecule has 1 fully saturated rings.